The maximum atomic E-state index is 4.56. The Kier molecular flexibility index (Phi) is 3.37. The molecule has 1 N–H and O–H groups in total. The number of aromatic nitrogens is 5. The molecule has 1 atom stereocenters. The van der Waals surface area contributed by atoms with E-state index in [-0.39, 0.29) is 0 Å². The summed E-state index contributed by atoms with van der Waals surface area (Å²) in [6.07, 6.45) is 7.02. The van der Waals surface area contributed by atoms with Crippen molar-refractivity contribution in [1.29, 1.82) is 0 Å². The van der Waals surface area contributed by atoms with Gasteiger partial charge in [0.05, 0.1) is 10.7 Å². The van der Waals surface area contributed by atoms with Crippen molar-refractivity contribution in [3.63, 3.8) is 0 Å². The molecule has 0 saturated carbocycles. The first kappa shape index (κ1) is 13.8. The predicted molar refractivity (Wildman–Crippen MR) is 88.0 cm³/mol. The summed E-state index contributed by atoms with van der Waals surface area (Å²) < 4.78 is 4.84. The number of anilines is 1. The van der Waals surface area contributed by atoms with Gasteiger partial charge in [-0.2, -0.15) is 10.1 Å². The van der Waals surface area contributed by atoms with Gasteiger partial charge in [0.1, 0.15) is 0 Å². The smallest absolute Gasteiger partial charge is 0.243 e. The van der Waals surface area contributed by atoms with E-state index >= 15 is 0 Å². The van der Waals surface area contributed by atoms with Crippen LogP contribution in [0.25, 0.3) is 5.65 Å². The maximum absolute atomic E-state index is 4.56. The van der Waals surface area contributed by atoms with Gasteiger partial charge in [-0.05, 0) is 59.8 Å². The molecule has 0 fully saturated rings. The number of nitrogens with one attached hydrogen (secondary N) is 1. The number of hydrogen-bond donors (Lipinski definition) is 1. The van der Waals surface area contributed by atoms with Crippen LogP contribution in [0.2, 0.25) is 0 Å². The third-order valence-corrected chi connectivity index (χ3v) is 4.80. The van der Waals surface area contributed by atoms with Gasteiger partial charge in [-0.1, -0.05) is 0 Å². The minimum Gasteiger partial charge on any atom is -0.350 e. The van der Waals surface area contributed by atoms with Crippen molar-refractivity contribution in [2.24, 2.45) is 0 Å². The van der Waals surface area contributed by atoms with E-state index in [1.165, 1.54) is 11.3 Å². The van der Waals surface area contributed by atoms with Gasteiger partial charge < -0.3 is 5.32 Å². The van der Waals surface area contributed by atoms with Crippen molar-refractivity contribution in [2.75, 3.05) is 5.32 Å². The molecule has 114 valence electrons. The predicted octanol–water partition coefficient (Wildman–Crippen LogP) is 2.68. The molecular formula is C15H17BrN6. The molecule has 3 aromatic heterocycles. The molecule has 0 saturated heterocycles. The van der Waals surface area contributed by atoms with Crippen LogP contribution in [-0.2, 0) is 19.4 Å². The van der Waals surface area contributed by atoms with Crippen LogP contribution in [0.4, 0.5) is 5.95 Å². The molecule has 22 heavy (non-hydrogen) atoms. The Balaban J connectivity index is 1.55. The lowest BCUT2D eigenvalue weighted by atomic mass is 9.93. The largest absolute Gasteiger partial charge is 0.350 e. The summed E-state index contributed by atoms with van der Waals surface area (Å²) in [5.41, 5.74) is 3.56. The zero-order valence-corrected chi connectivity index (χ0v) is 13.9. The summed E-state index contributed by atoms with van der Waals surface area (Å²) in [6.45, 7) is 3.07. The Labute approximate surface area is 136 Å². The quantitative estimate of drug-likeness (QED) is 0.779. The fourth-order valence-corrected chi connectivity index (χ4v) is 3.52. The van der Waals surface area contributed by atoms with E-state index in [0.29, 0.717) is 12.0 Å². The summed E-state index contributed by atoms with van der Waals surface area (Å²) >= 11 is 3.51. The number of aryl methyl sites for hydroxylation is 1. The van der Waals surface area contributed by atoms with Gasteiger partial charge in [0.15, 0.2) is 5.65 Å². The molecule has 1 aliphatic carbocycles. The van der Waals surface area contributed by atoms with Crippen LogP contribution < -0.4 is 5.32 Å². The van der Waals surface area contributed by atoms with E-state index in [1.807, 2.05) is 24.5 Å². The average Bonchev–Trinajstić information content (AvgIpc) is 3.11. The Morgan fingerprint density at radius 1 is 1.45 bits per heavy atom. The molecule has 0 unspecified atom stereocenters. The van der Waals surface area contributed by atoms with Crippen LogP contribution in [0.5, 0.6) is 0 Å². The second-order valence-corrected chi connectivity index (χ2v) is 6.43. The molecular weight excluding hydrogens is 344 g/mol. The number of nitrogens with zero attached hydrogens (tertiary/aromatic N) is 5. The monoisotopic (exact) mass is 360 g/mol. The Bertz CT molecular complexity index is 821. The molecule has 3 heterocycles. The zero-order chi connectivity index (χ0) is 15.1. The minimum absolute atomic E-state index is 0.359. The second kappa shape index (κ2) is 5.39. The van der Waals surface area contributed by atoms with E-state index in [0.717, 1.165) is 35.9 Å². The molecule has 1 aliphatic rings. The summed E-state index contributed by atoms with van der Waals surface area (Å²) in [5, 5.41) is 12.4. The van der Waals surface area contributed by atoms with Gasteiger partial charge in [-0.15, -0.1) is 5.10 Å². The van der Waals surface area contributed by atoms with Crippen LogP contribution in [0.3, 0.4) is 0 Å². The van der Waals surface area contributed by atoms with Crippen LogP contribution in [0.1, 0.15) is 24.6 Å². The highest BCUT2D eigenvalue weighted by atomic mass is 79.9. The van der Waals surface area contributed by atoms with Gasteiger partial charge in [-0.3, -0.25) is 4.68 Å². The molecule has 7 heteroatoms. The van der Waals surface area contributed by atoms with Gasteiger partial charge >= 0.3 is 0 Å². The number of pyridine rings is 1. The molecule has 0 aliphatic heterocycles. The van der Waals surface area contributed by atoms with Crippen molar-refractivity contribution in [3.8, 4) is 0 Å². The maximum Gasteiger partial charge on any atom is 0.243 e. The van der Waals surface area contributed by atoms with E-state index < -0.39 is 0 Å². The van der Waals surface area contributed by atoms with Crippen molar-refractivity contribution < 1.29 is 0 Å². The number of rotatable bonds is 3. The van der Waals surface area contributed by atoms with Gasteiger partial charge in [-0.25, -0.2) is 4.52 Å². The lowest BCUT2D eigenvalue weighted by Crippen LogP contribution is -2.28. The van der Waals surface area contributed by atoms with Crippen molar-refractivity contribution >= 4 is 27.5 Å². The van der Waals surface area contributed by atoms with Gasteiger partial charge in [0.25, 0.3) is 0 Å². The highest BCUT2D eigenvalue weighted by Gasteiger charge is 2.23. The van der Waals surface area contributed by atoms with E-state index in [2.05, 4.69) is 48.0 Å². The normalized spacial score (nSPS) is 17.6. The molecule has 0 radical (unpaired) electrons. The molecule has 3 aromatic rings. The van der Waals surface area contributed by atoms with Crippen molar-refractivity contribution in [3.05, 3.63) is 40.3 Å². The van der Waals surface area contributed by atoms with Crippen LogP contribution in [0, 0.1) is 0 Å². The molecule has 4 rings (SSSR count). The molecule has 0 aromatic carbocycles. The molecule has 0 bridgehead atoms. The number of hydrogen-bond acceptors (Lipinski definition) is 4. The standard InChI is InChI=1S/C15H17BrN6/c1-2-21-13-6-5-11(8-10(13)9-17-21)18-15-19-14-12(16)4-3-7-22(14)20-15/h3-4,7,9,11H,2,5-6,8H2,1H3,(H,18,20)/t11-/m0/s1. The number of halogens is 1. The first-order valence-electron chi connectivity index (χ1n) is 7.55. The fourth-order valence-electron chi connectivity index (χ4n) is 3.10. The van der Waals surface area contributed by atoms with Crippen molar-refractivity contribution in [1.82, 2.24) is 24.4 Å². The van der Waals surface area contributed by atoms with Gasteiger partial charge in [0, 0.05) is 24.5 Å². The third-order valence-electron chi connectivity index (χ3n) is 4.18. The summed E-state index contributed by atoms with van der Waals surface area (Å²) in [6, 6.07) is 4.28. The zero-order valence-electron chi connectivity index (χ0n) is 12.3. The highest BCUT2D eigenvalue weighted by molar-refractivity contribution is 9.10. The first-order chi connectivity index (χ1) is 10.7. The summed E-state index contributed by atoms with van der Waals surface area (Å²) in [4.78, 5) is 4.56. The fraction of sp³-hybridized carbons (Fsp3) is 0.400. The van der Waals surface area contributed by atoms with Crippen molar-refractivity contribution in [2.45, 2.75) is 38.8 Å². The topological polar surface area (TPSA) is 60.0 Å². The van der Waals surface area contributed by atoms with E-state index in [4.69, 9.17) is 0 Å². The summed E-state index contributed by atoms with van der Waals surface area (Å²) in [5.74, 6) is 0.684. The second-order valence-electron chi connectivity index (χ2n) is 5.58. The lowest BCUT2D eigenvalue weighted by Gasteiger charge is -2.23. The Morgan fingerprint density at radius 2 is 2.36 bits per heavy atom. The summed E-state index contributed by atoms with van der Waals surface area (Å²) in [7, 11) is 0. The van der Waals surface area contributed by atoms with E-state index in [1.54, 1.807) is 4.52 Å². The van der Waals surface area contributed by atoms with Crippen LogP contribution in [0.15, 0.2) is 29.0 Å². The van der Waals surface area contributed by atoms with Crippen LogP contribution >= 0.6 is 15.9 Å². The van der Waals surface area contributed by atoms with E-state index in [9.17, 15) is 0 Å². The highest BCUT2D eigenvalue weighted by Crippen LogP contribution is 2.24. The van der Waals surface area contributed by atoms with Gasteiger partial charge in [0.2, 0.25) is 5.95 Å². The van der Waals surface area contributed by atoms with Crippen LogP contribution in [-0.4, -0.2) is 30.4 Å². The molecule has 6 nitrogen and oxygen atoms in total. The lowest BCUT2D eigenvalue weighted by molar-refractivity contribution is 0.552. The third kappa shape index (κ3) is 2.29. The molecule has 0 amide bonds. The number of fused-ring (bicyclic) bond motifs is 2. The Hall–Kier alpha value is -1.89. The minimum atomic E-state index is 0.359. The average molecular weight is 361 g/mol. The Morgan fingerprint density at radius 3 is 3.18 bits per heavy atom. The SMILES string of the molecule is CCn1ncc2c1CC[C@H](Nc1nc3c(Br)cccn3n1)C2. The first-order valence-corrected chi connectivity index (χ1v) is 8.35. The molecule has 0 spiro atoms.